The van der Waals surface area contributed by atoms with Crippen LogP contribution in [-0.4, -0.2) is 52.4 Å². The molecule has 1 aliphatic heterocycles. The predicted octanol–water partition coefficient (Wildman–Crippen LogP) is 3.96. The van der Waals surface area contributed by atoms with Gasteiger partial charge in [0.05, 0.1) is 18.9 Å². The lowest BCUT2D eigenvalue weighted by Gasteiger charge is -2.30. The van der Waals surface area contributed by atoms with Crippen LogP contribution < -0.4 is 0 Å². The molecule has 40 heavy (non-hydrogen) atoms. The highest BCUT2D eigenvalue weighted by molar-refractivity contribution is 5.99. The van der Waals surface area contributed by atoms with Gasteiger partial charge in [0.15, 0.2) is 11.9 Å². The van der Waals surface area contributed by atoms with Gasteiger partial charge >= 0.3 is 11.9 Å². The van der Waals surface area contributed by atoms with Crippen molar-refractivity contribution in [1.29, 1.82) is 0 Å². The number of aliphatic hydroxyl groups is 1. The van der Waals surface area contributed by atoms with Crippen molar-refractivity contribution in [2.24, 2.45) is 11.8 Å². The number of esters is 2. The number of nitrogens with zero attached hydrogens (tertiary/aromatic N) is 1. The summed E-state index contributed by atoms with van der Waals surface area (Å²) < 4.78 is 10.6. The van der Waals surface area contributed by atoms with Crippen LogP contribution in [0, 0.1) is 11.8 Å². The molecule has 0 radical (unpaired) electrons. The van der Waals surface area contributed by atoms with Crippen molar-refractivity contribution in [3.63, 3.8) is 0 Å². The van der Waals surface area contributed by atoms with Gasteiger partial charge in [0, 0.05) is 30.5 Å². The zero-order valence-electron chi connectivity index (χ0n) is 22.3. The second-order valence-corrected chi connectivity index (χ2v) is 9.74. The van der Waals surface area contributed by atoms with Crippen molar-refractivity contribution in [1.82, 2.24) is 4.90 Å². The van der Waals surface area contributed by atoms with E-state index in [1.165, 1.54) is 4.90 Å². The van der Waals surface area contributed by atoms with Gasteiger partial charge in [-0.05, 0) is 18.1 Å². The van der Waals surface area contributed by atoms with Gasteiger partial charge in [-0.25, -0.2) is 4.79 Å². The van der Waals surface area contributed by atoms with Gasteiger partial charge in [0.1, 0.15) is 6.61 Å². The third-order valence-corrected chi connectivity index (χ3v) is 7.12. The van der Waals surface area contributed by atoms with E-state index in [4.69, 9.17) is 9.47 Å². The summed E-state index contributed by atoms with van der Waals surface area (Å²) in [4.78, 5) is 54.4. The number of hydrogen-bond donors (Lipinski definition) is 1. The SMILES string of the molecule is CCOC(=O)[C@@H](O)[C@@H]1[C@H](CC(=O)c2ccccc2)C(=O)N(Cc2ccccc2)[C@H]1CC(=O)OCc1ccccc1. The lowest BCUT2D eigenvalue weighted by Crippen LogP contribution is -2.43. The van der Waals surface area contributed by atoms with Crippen molar-refractivity contribution in [3.05, 3.63) is 108 Å². The number of aliphatic hydroxyl groups excluding tert-OH is 1. The minimum Gasteiger partial charge on any atom is -0.464 e. The highest BCUT2D eigenvalue weighted by Gasteiger charge is 2.54. The second kappa shape index (κ2) is 13.7. The molecule has 1 N–H and O–H groups in total. The largest absolute Gasteiger partial charge is 0.464 e. The maximum Gasteiger partial charge on any atom is 0.335 e. The van der Waals surface area contributed by atoms with Crippen molar-refractivity contribution in [3.8, 4) is 0 Å². The lowest BCUT2D eigenvalue weighted by atomic mass is 9.80. The molecule has 0 aliphatic carbocycles. The number of benzene rings is 3. The summed E-state index contributed by atoms with van der Waals surface area (Å²) in [6.45, 7) is 1.82. The summed E-state index contributed by atoms with van der Waals surface area (Å²) in [5, 5.41) is 11.2. The molecule has 0 saturated carbocycles. The number of amides is 1. The summed E-state index contributed by atoms with van der Waals surface area (Å²) >= 11 is 0. The Balaban J connectivity index is 1.65. The van der Waals surface area contributed by atoms with Crippen molar-refractivity contribution in [2.45, 2.75) is 45.1 Å². The first-order chi connectivity index (χ1) is 19.4. The minimum absolute atomic E-state index is 0.0295. The van der Waals surface area contributed by atoms with Crippen LogP contribution in [0.15, 0.2) is 91.0 Å². The first-order valence-electron chi connectivity index (χ1n) is 13.4. The number of carbonyl (C=O) groups is 4. The van der Waals surface area contributed by atoms with Gasteiger partial charge in [-0.1, -0.05) is 91.0 Å². The maximum atomic E-state index is 13.9. The van der Waals surface area contributed by atoms with E-state index in [0.29, 0.717) is 5.56 Å². The van der Waals surface area contributed by atoms with Gasteiger partial charge in [-0.15, -0.1) is 0 Å². The van der Waals surface area contributed by atoms with Crippen LogP contribution in [0.5, 0.6) is 0 Å². The molecule has 0 unspecified atom stereocenters. The van der Waals surface area contributed by atoms with E-state index >= 15 is 0 Å². The van der Waals surface area contributed by atoms with Gasteiger partial charge in [0.2, 0.25) is 5.91 Å². The van der Waals surface area contributed by atoms with Gasteiger partial charge in [-0.3, -0.25) is 14.4 Å². The summed E-state index contributed by atoms with van der Waals surface area (Å²) in [5.41, 5.74) is 2.02. The molecule has 1 amide bonds. The van der Waals surface area contributed by atoms with Crippen LogP contribution in [0.2, 0.25) is 0 Å². The van der Waals surface area contributed by atoms with Gasteiger partial charge < -0.3 is 19.5 Å². The molecule has 1 saturated heterocycles. The molecule has 4 atom stereocenters. The Labute approximate surface area is 233 Å². The molecule has 3 aromatic carbocycles. The smallest absolute Gasteiger partial charge is 0.335 e. The topological polar surface area (TPSA) is 110 Å². The van der Waals surface area contributed by atoms with E-state index < -0.39 is 41.8 Å². The first-order valence-corrected chi connectivity index (χ1v) is 13.4. The number of ether oxygens (including phenoxy) is 2. The molecule has 3 aromatic rings. The molecule has 1 aliphatic rings. The Morgan fingerprint density at radius 1 is 0.825 bits per heavy atom. The Hall–Kier alpha value is -4.30. The van der Waals surface area contributed by atoms with Crippen molar-refractivity contribution in [2.75, 3.05) is 6.61 Å². The van der Waals surface area contributed by atoms with E-state index in [-0.39, 0.29) is 38.4 Å². The van der Waals surface area contributed by atoms with Crippen LogP contribution in [-0.2, 0) is 37.0 Å². The predicted molar refractivity (Wildman–Crippen MR) is 147 cm³/mol. The fourth-order valence-corrected chi connectivity index (χ4v) is 5.19. The molecule has 1 fully saturated rings. The molecule has 8 nitrogen and oxygen atoms in total. The zero-order chi connectivity index (χ0) is 28.5. The Morgan fingerprint density at radius 3 is 2.00 bits per heavy atom. The number of rotatable bonds is 12. The molecule has 0 bridgehead atoms. The van der Waals surface area contributed by atoms with Crippen LogP contribution >= 0.6 is 0 Å². The molecule has 208 valence electrons. The van der Waals surface area contributed by atoms with Crippen LogP contribution in [0.4, 0.5) is 0 Å². The van der Waals surface area contributed by atoms with Crippen LogP contribution in [0.3, 0.4) is 0 Å². The summed E-state index contributed by atoms with van der Waals surface area (Å²) in [7, 11) is 0. The third kappa shape index (κ3) is 7.01. The number of Topliss-reactive ketones (excluding diaryl/α,β-unsaturated/α-hetero) is 1. The summed E-state index contributed by atoms with van der Waals surface area (Å²) in [6.07, 6.45) is -2.21. The first kappa shape index (κ1) is 28.7. The monoisotopic (exact) mass is 543 g/mol. The van der Waals surface area contributed by atoms with E-state index in [1.807, 2.05) is 60.7 Å². The van der Waals surface area contributed by atoms with E-state index in [1.54, 1.807) is 37.3 Å². The molecular formula is C32H33NO7. The number of ketones is 1. The fraction of sp³-hybridized carbons (Fsp3) is 0.312. The normalized spacial score (nSPS) is 19.2. The third-order valence-electron chi connectivity index (χ3n) is 7.12. The zero-order valence-corrected chi connectivity index (χ0v) is 22.3. The fourth-order valence-electron chi connectivity index (χ4n) is 5.19. The highest BCUT2D eigenvalue weighted by atomic mass is 16.5. The molecule has 8 heteroatoms. The number of likely N-dealkylation sites (tertiary alicyclic amines) is 1. The van der Waals surface area contributed by atoms with Gasteiger partial charge in [0.25, 0.3) is 0 Å². The average Bonchev–Trinajstić information content (AvgIpc) is 3.22. The van der Waals surface area contributed by atoms with E-state index in [9.17, 15) is 24.3 Å². The Kier molecular flexibility index (Phi) is 9.81. The molecule has 4 rings (SSSR count). The lowest BCUT2D eigenvalue weighted by molar-refractivity contribution is -0.159. The van der Waals surface area contributed by atoms with Crippen molar-refractivity contribution < 1.29 is 33.8 Å². The van der Waals surface area contributed by atoms with Crippen LogP contribution in [0.25, 0.3) is 0 Å². The van der Waals surface area contributed by atoms with Gasteiger partial charge in [-0.2, -0.15) is 0 Å². The molecular weight excluding hydrogens is 510 g/mol. The number of hydrogen-bond acceptors (Lipinski definition) is 7. The quantitative estimate of drug-likeness (QED) is 0.272. The molecule has 0 aromatic heterocycles. The second-order valence-electron chi connectivity index (χ2n) is 9.74. The highest BCUT2D eigenvalue weighted by Crippen LogP contribution is 2.40. The average molecular weight is 544 g/mol. The Morgan fingerprint density at radius 2 is 1.40 bits per heavy atom. The van der Waals surface area contributed by atoms with E-state index in [2.05, 4.69) is 0 Å². The standard InChI is InChI=1S/C32H33NO7/c1-2-39-32(38)30(36)29-25(18-27(34)24-16-10-5-11-17-24)31(37)33(20-22-12-6-3-7-13-22)26(29)19-28(35)40-21-23-14-8-4-9-15-23/h3-17,25-26,29-30,36H,2,18-21H2,1H3/t25-,26-,29+,30-/m0/s1. The van der Waals surface area contributed by atoms with Crippen LogP contribution in [0.1, 0.15) is 41.3 Å². The minimum atomic E-state index is -1.72. The maximum absolute atomic E-state index is 13.9. The molecule has 1 heterocycles. The summed E-state index contributed by atoms with van der Waals surface area (Å²) in [6, 6.07) is 26.0. The summed E-state index contributed by atoms with van der Waals surface area (Å²) in [5.74, 6) is -4.30. The number of carbonyl (C=O) groups excluding carboxylic acids is 4. The van der Waals surface area contributed by atoms with Crippen molar-refractivity contribution >= 4 is 23.6 Å². The van der Waals surface area contributed by atoms with E-state index in [0.717, 1.165) is 11.1 Å². The Bertz CT molecular complexity index is 1300. The molecule has 0 spiro atoms.